The highest BCUT2D eigenvalue weighted by molar-refractivity contribution is 5.92. The molecule has 2 aromatic rings. The molecule has 5 heteroatoms. The molecule has 0 aliphatic rings. The molecule has 0 fully saturated rings. The van der Waals surface area contributed by atoms with E-state index in [2.05, 4.69) is 24.9 Å². The average Bonchev–Trinajstić information content (AvgIpc) is 2.81. The van der Waals surface area contributed by atoms with Crippen LogP contribution >= 0.6 is 0 Å². The predicted octanol–water partition coefficient (Wildman–Crippen LogP) is 2.75. The number of hydrogen-bond acceptors (Lipinski definition) is 4. The summed E-state index contributed by atoms with van der Waals surface area (Å²) in [7, 11) is 0. The Balaban J connectivity index is 2.39. The molecule has 1 aromatic carbocycles. The van der Waals surface area contributed by atoms with Gasteiger partial charge in [-0.25, -0.2) is 9.78 Å². The lowest BCUT2D eigenvalue weighted by atomic mass is 10.0. The van der Waals surface area contributed by atoms with Crippen LogP contribution < -0.4 is 5.73 Å². The fraction of sp³-hybridized carbons (Fsp3) is 0.333. The number of esters is 1. The van der Waals surface area contributed by atoms with E-state index in [-0.39, 0.29) is 5.69 Å². The zero-order valence-electron chi connectivity index (χ0n) is 12.0. The van der Waals surface area contributed by atoms with Gasteiger partial charge in [0.1, 0.15) is 12.1 Å². The molecule has 1 aromatic heterocycles. The molecule has 20 heavy (non-hydrogen) atoms. The maximum absolute atomic E-state index is 11.7. The van der Waals surface area contributed by atoms with E-state index in [9.17, 15) is 4.79 Å². The van der Waals surface area contributed by atoms with Crippen molar-refractivity contribution in [1.29, 1.82) is 0 Å². The summed E-state index contributed by atoms with van der Waals surface area (Å²) in [6.45, 7) is 6.30. The summed E-state index contributed by atoms with van der Waals surface area (Å²) in [4.78, 5) is 15.8. The molecular formula is C15H19N3O2. The minimum atomic E-state index is -0.497. The van der Waals surface area contributed by atoms with Crippen molar-refractivity contribution in [3.8, 4) is 5.69 Å². The molecule has 0 bridgehead atoms. The van der Waals surface area contributed by atoms with Crippen LogP contribution in [0.2, 0.25) is 0 Å². The Hall–Kier alpha value is -2.30. The van der Waals surface area contributed by atoms with Gasteiger partial charge >= 0.3 is 5.97 Å². The van der Waals surface area contributed by atoms with E-state index < -0.39 is 5.97 Å². The fourth-order valence-electron chi connectivity index (χ4n) is 1.95. The van der Waals surface area contributed by atoms with Crippen molar-refractivity contribution in [3.63, 3.8) is 0 Å². The molecule has 2 rings (SSSR count). The standard InChI is InChI=1S/C15H19N3O2/c1-4-20-15(19)13-14(16)18(9-17-13)12-7-5-6-11(8-12)10(2)3/h5-10H,4,16H2,1-3H3. The Morgan fingerprint density at radius 1 is 1.45 bits per heavy atom. The lowest BCUT2D eigenvalue weighted by Crippen LogP contribution is -2.09. The highest BCUT2D eigenvalue weighted by Crippen LogP contribution is 2.22. The molecule has 0 saturated heterocycles. The Bertz CT molecular complexity index is 617. The van der Waals surface area contributed by atoms with E-state index in [1.54, 1.807) is 17.8 Å². The largest absolute Gasteiger partial charge is 0.461 e. The van der Waals surface area contributed by atoms with Crippen molar-refractivity contribution in [2.75, 3.05) is 12.3 Å². The first-order chi connectivity index (χ1) is 9.54. The second-order valence-electron chi connectivity index (χ2n) is 4.82. The Kier molecular flexibility index (Phi) is 4.08. The summed E-state index contributed by atoms with van der Waals surface area (Å²) in [6.07, 6.45) is 1.54. The van der Waals surface area contributed by atoms with Crippen LogP contribution in [0.25, 0.3) is 5.69 Å². The SMILES string of the molecule is CCOC(=O)c1ncn(-c2cccc(C(C)C)c2)c1N. The minimum absolute atomic E-state index is 0.154. The molecule has 0 amide bonds. The molecule has 0 spiro atoms. The van der Waals surface area contributed by atoms with E-state index >= 15 is 0 Å². The molecule has 0 saturated carbocycles. The zero-order chi connectivity index (χ0) is 14.7. The average molecular weight is 273 g/mol. The van der Waals surface area contributed by atoms with E-state index in [0.717, 1.165) is 5.69 Å². The van der Waals surface area contributed by atoms with Gasteiger partial charge in [-0.05, 0) is 30.5 Å². The van der Waals surface area contributed by atoms with Crippen molar-refractivity contribution in [2.45, 2.75) is 26.7 Å². The van der Waals surface area contributed by atoms with Crippen molar-refractivity contribution >= 4 is 11.8 Å². The minimum Gasteiger partial charge on any atom is -0.461 e. The molecule has 5 nitrogen and oxygen atoms in total. The second-order valence-corrected chi connectivity index (χ2v) is 4.82. The number of rotatable bonds is 4. The third-order valence-electron chi connectivity index (χ3n) is 3.09. The van der Waals surface area contributed by atoms with Gasteiger partial charge in [0.15, 0.2) is 5.69 Å². The number of hydrogen-bond donors (Lipinski definition) is 1. The molecular weight excluding hydrogens is 254 g/mol. The van der Waals surface area contributed by atoms with Crippen LogP contribution in [0.1, 0.15) is 42.7 Å². The Morgan fingerprint density at radius 2 is 2.20 bits per heavy atom. The number of imidazole rings is 1. The van der Waals surface area contributed by atoms with Crippen molar-refractivity contribution in [3.05, 3.63) is 41.9 Å². The van der Waals surface area contributed by atoms with Crippen molar-refractivity contribution < 1.29 is 9.53 Å². The molecule has 0 atom stereocenters. The number of nitrogen functional groups attached to an aromatic ring is 1. The normalized spacial score (nSPS) is 10.8. The number of carbonyl (C=O) groups excluding carboxylic acids is 1. The number of nitrogens with zero attached hydrogens (tertiary/aromatic N) is 2. The number of benzene rings is 1. The van der Waals surface area contributed by atoms with Gasteiger partial charge in [-0.15, -0.1) is 0 Å². The number of nitrogens with two attached hydrogens (primary N) is 1. The summed E-state index contributed by atoms with van der Waals surface area (Å²) < 4.78 is 6.62. The zero-order valence-corrected chi connectivity index (χ0v) is 12.0. The molecule has 0 aliphatic carbocycles. The lowest BCUT2D eigenvalue weighted by Gasteiger charge is -2.10. The number of ether oxygens (including phenoxy) is 1. The first-order valence-corrected chi connectivity index (χ1v) is 6.64. The van der Waals surface area contributed by atoms with Crippen LogP contribution in [0.5, 0.6) is 0 Å². The van der Waals surface area contributed by atoms with Crippen molar-refractivity contribution in [1.82, 2.24) is 9.55 Å². The summed E-state index contributed by atoms with van der Waals surface area (Å²) in [5.74, 6) is 0.220. The van der Waals surface area contributed by atoms with Crippen LogP contribution in [0.4, 0.5) is 5.82 Å². The smallest absolute Gasteiger partial charge is 0.360 e. The van der Waals surface area contributed by atoms with Gasteiger partial charge in [0.2, 0.25) is 0 Å². The summed E-state index contributed by atoms with van der Waals surface area (Å²) in [5, 5.41) is 0. The van der Waals surface area contributed by atoms with Crippen LogP contribution in [0, 0.1) is 0 Å². The third-order valence-corrected chi connectivity index (χ3v) is 3.09. The Labute approximate surface area is 118 Å². The highest BCUT2D eigenvalue weighted by Gasteiger charge is 2.17. The van der Waals surface area contributed by atoms with Crippen LogP contribution in [-0.4, -0.2) is 22.1 Å². The quantitative estimate of drug-likeness (QED) is 0.869. The van der Waals surface area contributed by atoms with Gasteiger partial charge in [-0.1, -0.05) is 26.0 Å². The molecule has 106 valence electrons. The van der Waals surface area contributed by atoms with Crippen LogP contribution in [-0.2, 0) is 4.74 Å². The highest BCUT2D eigenvalue weighted by atomic mass is 16.5. The molecule has 0 aliphatic heterocycles. The fourth-order valence-corrected chi connectivity index (χ4v) is 1.95. The first-order valence-electron chi connectivity index (χ1n) is 6.64. The number of aromatic nitrogens is 2. The molecule has 0 radical (unpaired) electrons. The number of anilines is 1. The topological polar surface area (TPSA) is 70.1 Å². The maximum atomic E-state index is 11.7. The van der Waals surface area contributed by atoms with Gasteiger partial charge in [0.05, 0.1) is 6.61 Å². The third kappa shape index (κ3) is 2.66. The summed E-state index contributed by atoms with van der Waals surface area (Å²) in [6, 6.07) is 8.00. The Morgan fingerprint density at radius 3 is 2.85 bits per heavy atom. The first kappa shape index (κ1) is 14.1. The van der Waals surface area contributed by atoms with E-state index in [1.807, 2.05) is 18.2 Å². The van der Waals surface area contributed by atoms with Gasteiger partial charge < -0.3 is 10.5 Å². The second kappa shape index (κ2) is 5.77. The summed E-state index contributed by atoms with van der Waals surface area (Å²) >= 11 is 0. The van der Waals surface area contributed by atoms with Crippen LogP contribution in [0.3, 0.4) is 0 Å². The summed E-state index contributed by atoms with van der Waals surface area (Å²) in [5.41, 5.74) is 8.23. The van der Waals surface area contributed by atoms with E-state index in [1.165, 1.54) is 5.56 Å². The predicted molar refractivity (Wildman–Crippen MR) is 78.0 cm³/mol. The monoisotopic (exact) mass is 273 g/mol. The van der Waals surface area contributed by atoms with Gasteiger partial charge in [0.25, 0.3) is 0 Å². The number of carbonyl (C=O) groups is 1. The van der Waals surface area contributed by atoms with Crippen LogP contribution in [0.15, 0.2) is 30.6 Å². The molecule has 2 N–H and O–H groups in total. The van der Waals surface area contributed by atoms with Gasteiger partial charge in [0, 0.05) is 5.69 Å². The molecule has 1 heterocycles. The van der Waals surface area contributed by atoms with Gasteiger partial charge in [-0.2, -0.15) is 0 Å². The van der Waals surface area contributed by atoms with E-state index in [4.69, 9.17) is 10.5 Å². The van der Waals surface area contributed by atoms with Crippen molar-refractivity contribution in [2.24, 2.45) is 0 Å². The van der Waals surface area contributed by atoms with Gasteiger partial charge in [-0.3, -0.25) is 4.57 Å². The molecule has 0 unspecified atom stereocenters. The maximum Gasteiger partial charge on any atom is 0.360 e. The van der Waals surface area contributed by atoms with E-state index in [0.29, 0.717) is 18.3 Å². The lowest BCUT2D eigenvalue weighted by molar-refractivity contribution is 0.0521.